The predicted octanol–water partition coefficient (Wildman–Crippen LogP) is 1.13. The van der Waals surface area contributed by atoms with Crippen molar-refractivity contribution in [2.45, 2.75) is 32.7 Å². The average molecular weight is 225 g/mol. The number of carbonyl (C=O) groups is 1. The Hall–Kier alpha value is -0.770. The lowest BCUT2D eigenvalue weighted by Crippen LogP contribution is -2.55. The molecule has 92 valence electrons. The van der Waals surface area contributed by atoms with Gasteiger partial charge in [0.2, 0.25) is 0 Å². The Labute approximate surface area is 98.0 Å². The number of nitrogens with zero attached hydrogens (tertiary/aromatic N) is 2. The predicted molar refractivity (Wildman–Crippen MR) is 64.4 cm³/mol. The van der Waals surface area contributed by atoms with Crippen LogP contribution >= 0.6 is 0 Å². The molecule has 1 atom stereocenters. The zero-order chi connectivity index (χ0) is 11.5. The van der Waals surface area contributed by atoms with Gasteiger partial charge in [-0.05, 0) is 25.7 Å². The van der Waals surface area contributed by atoms with Crippen LogP contribution in [0.15, 0.2) is 0 Å². The van der Waals surface area contributed by atoms with Crippen LogP contribution in [0.2, 0.25) is 0 Å². The summed E-state index contributed by atoms with van der Waals surface area (Å²) in [4.78, 5) is 16.3. The molecule has 0 bridgehead atoms. The van der Waals surface area contributed by atoms with Gasteiger partial charge in [-0.15, -0.1) is 0 Å². The molecule has 2 saturated heterocycles. The van der Waals surface area contributed by atoms with Gasteiger partial charge in [0, 0.05) is 38.8 Å². The number of hydrogen-bond donors (Lipinski definition) is 1. The van der Waals surface area contributed by atoms with Crippen LogP contribution in [0.1, 0.15) is 26.7 Å². The third-order valence-corrected chi connectivity index (χ3v) is 3.69. The molecule has 2 amide bonds. The molecule has 2 heterocycles. The third kappa shape index (κ3) is 2.67. The highest BCUT2D eigenvalue weighted by atomic mass is 16.2. The summed E-state index contributed by atoms with van der Waals surface area (Å²) in [6.07, 6.45) is 2.32. The molecular weight excluding hydrogens is 202 g/mol. The Balaban J connectivity index is 1.86. The van der Waals surface area contributed by atoms with Gasteiger partial charge in [-0.25, -0.2) is 4.79 Å². The van der Waals surface area contributed by atoms with Crippen molar-refractivity contribution in [2.75, 3.05) is 32.7 Å². The second-order valence-corrected chi connectivity index (χ2v) is 5.25. The van der Waals surface area contributed by atoms with Crippen LogP contribution < -0.4 is 5.32 Å². The van der Waals surface area contributed by atoms with Gasteiger partial charge in [0.15, 0.2) is 0 Å². The SMILES string of the molecule is CC1CCN(C(=O)N2CCN[C@H](C)C2)CC1. The van der Waals surface area contributed by atoms with Crippen LogP contribution in [0.25, 0.3) is 0 Å². The highest BCUT2D eigenvalue weighted by Gasteiger charge is 2.27. The topological polar surface area (TPSA) is 35.6 Å². The normalized spacial score (nSPS) is 28.2. The van der Waals surface area contributed by atoms with Gasteiger partial charge in [0.25, 0.3) is 0 Å². The Morgan fingerprint density at radius 1 is 1.12 bits per heavy atom. The van der Waals surface area contributed by atoms with Crippen LogP contribution in [-0.2, 0) is 0 Å². The van der Waals surface area contributed by atoms with Crippen LogP contribution in [0.3, 0.4) is 0 Å². The summed E-state index contributed by atoms with van der Waals surface area (Å²) in [6, 6.07) is 0.682. The van der Waals surface area contributed by atoms with Crippen molar-refractivity contribution in [1.29, 1.82) is 0 Å². The summed E-state index contributed by atoms with van der Waals surface area (Å²) in [5.74, 6) is 0.783. The summed E-state index contributed by atoms with van der Waals surface area (Å²) < 4.78 is 0. The molecule has 4 heteroatoms. The van der Waals surface area contributed by atoms with E-state index < -0.39 is 0 Å². The van der Waals surface area contributed by atoms with Crippen LogP contribution in [0.5, 0.6) is 0 Å². The number of nitrogens with one attached hydrogen (secondary N) is 1. The van der Waals surface area contributed by atoms with Crippen LogP contribution in [0.4, 0.5) is 4.79 Å². The Morgan fingerprint density at radius 2 is 1.81 bits per heavy atom. The highest BCUT2D eigenvalue weighted by molar-refractivity contribution is 5.74. The molecule has 2 aliphatic rings. The molecule has 2 fully saturated rings. The van der Waals surface area contributed by atoms with E-state index in [2.05, 4.69) is 19.2 Å². The number of piperidine rings is 1. The van der Waals surface area contributed by atoms with E-state index in [1.165, 1.54) is 0 Å². The zero-order valence-electron chi connectivity index (χ0n) is 10.4. The molecule has 0 aromatic heterocycles. The van der Waals surface area contributed by atoms with E-state index in [-0.39, 0.29) is 6.03 Å². The second kappa shape index (κ2) is 5.04. The van der Waals surface area contributed by atoms with E-state index in [4.69, 9.17) is 0 Å². The van der Waals surface area contributed by atoms with Crippen molar-refractivity contribution < 1.29 is 4.79 Å². The molecule has 0 aliphatic carbocycles. The van der Waals surface area contributed by atoms with E-state index >= 15 is 0 Å². The summed E-state index contributed by atoms with van der Waals surface area (Å²) >= 11 is 0. The summed E-state index contributed by atoms with van der Waals surface area (Å²) in [5, 5.41) is 3.36. The number of urea groups is 1. The monoisotopic (exact) mass is 225 g/mol. The number of likely N-dealkylation sites (tertiary alicyclic amines) is 1. The van der Waals surface area contributed by atoms with E-state index in [0.717, 1.165) is 51.5 Å². The molecule has 4 nitrogen and oxygen atoms in total. The quantitative estimate of drug-likeness (QED) is 0.671. The number of piperazine rings is 1. The molecule has 0 spiro atoms. The maximum atomic E-state index is 12.2. The Kier molecular flexibility index (Phi) is 3.69. The van der Waals surface area contributed by atoms with E-state index in [1.807, 2.05) is 9.80 Å². The minimum Gasteiger partial charge on any atom is -0.325 e. The maximum Gasteiger partial charge on any atom is 0.320 e. The van der Waals surface area contributed by atoms with E-state index in [9.17, 15) is 4.79 Å². The summed E-state index contributed by atoms with van der Waals surface area (Å²) in [6.45, 7) is 8.93. The molecule has 2 aliphatic heterocycles. The molecule has 1 N–H and O–H groups in total. The van der Waals surface area contributed by atoms with Crippen LogP contribution in [-0.4, -0.2) is 54.6 Å². The summed E-state index contributed by atoms with van der Waals surface area (Å²) in [7, 11) is 0. The van der Waals surface area contributed by atoms with Gasteiger partial charge in [-0.2, -0.15) is 0 Å². The van der Waals surface area contributed by atoms with Crippen molar-refractivity contribution in [1.82, 2.24) is 15.1 Å². The number of rotatable bonds is 0. The number of amides is 2. The number of hydrogen-bond acceptors (Lipinski definition) is 2. The smallest absolute Gasteiger partial charge is 0.320 e. The molecular formula is C12H23N3O. The molecule has 0 radical (unpaired) electrons. The first-order valence-corrected chi connectivity index (χ1v) is 6.44. The van der Waals surface area contributed by atoms with Crippen molar-refractivity contribution in [3.05, 3.63) is 0 Å². The fourth-order valence-electron chi connectivity index (χ4n) is 2.51. The summed E-state index contributed by atoms with van der Waals surface area (Å²) in [5.41, 5.74) is 0. The van der Waals surface area contributed by atoms with E-state index in [1.54, 1.807) is 0 Å². The third-order valence-electron chi connectivity index (χ3n) is 3.69. The lowest BCUT2D eigenvalue weighted by Gasteiger charge is -2.38. The maximum absolute atomic E-state index is 12.2. The Bertz CT molecular complexity index is 249. The van der Waals surface area contributed by atoms with Crippen molar-refractivity contribution in [3.63, 3.8) is 0 Å². The van der Waals surface area contributed by atoms with E-state index in [0.29, 0.717) is 6.04 Å². The van der Waals surface area contributed by atoms with Gasteiger partial charge < -0.3 is 15.1 Å². The first-order valence-electron chi connectivity index (χ1n) is 6.44. The molecule has 0 saturated carbocycles. The van der Waals surface area contributed by atoms with Gasteiger partial charge in [0.1, 0.15) is 0 Å². The fourth-order valence-corrected chi connectivity index (χ4v) is 2.51. The van der Waals surface area contributed by atoms with Gasteiger partial charge in [0.05, 0.1) is 0 Å². The second-order valence-electron chi connectivity index (χ2n) is 5.25. The van der Waals surface area contributed by atoms with Gasteiger partial charge >= 0.3 is 6.03 Å². The molecule has 0 unspecified atom stereocenters. The van der Waals surface area contributed by atoms with Gasteiger partial charge in [-0.1, -0.05) is 6.92 Å². The largest absolute Gasteiger partial charge is 0.325 e. The first-order chi connectivity index (χ1) is 7.66. The Morgan fingerprint density at radius 3 is 2.44 bits per heavy atom. The number of carbonyl (C=O) groups excluding carboxylic acids is 1. The molecule has 0 aromatic carbocycles. The van der Waals surface area contributed by atoms with Crippen molar-refractivity contribution in [3.8, 4) is 0 Å². The van der Waals surface area contributed by atoms with Gasteiger partial charge in [-0.3, -0.25) is 0 Å². The molecule has 0 aromatic rings. The minimum atomic E-state index is 0.250. The standard InChI is InChI=1S/C12H23N3O/c1-10-3-6-14(7-4-10)12(16)15-8-5-13-11(2)9-15/h10-11,13H,3-9H2,1-2H3/t11-/m1/s1. The average Bonchev–Trinajstić information content (AvgIpc) is 2.29. The minimum absolute atomic E-state index is 0.250. The first kappa shape index (κ1) is 11.7. The highest BCUT2D eigenvalue weighted by Crippen LogP contribution is 2.17. The lowest BCUT2D eigenvalue weighted by atomic mass is 9.99. The molecule has 16 heavy (non-hydrogen) atoms. The van der Waals surface area contributed by atoms with Crippen molar-refractivity contribution >= 4 is 6.03 Å². The zero-order valence-corrected chi connectivity index (χ0v) is 10.4. The van der Waals surface area contributed by atoms with Crippen LogP contribution in [0, 0.1) is 5.92 Å². The molecule has 2 rings (SSSR count). The lowest BCUT2D eigenvalue weighted by molar-refractivity contribution is 0.123. The fraction of sp³-hybridized carbons (Fsp3) is 0.917. The van der Waals surface area contributed by atoms with Crippen molar-refractivity contribution in [2.24, 2.45) is 5.92 Å².